The molecular formula is C20H18ClN3O5S. The first-order valence-electron chi connectivity index (χ1n) is 9.03. The number of rotatable bonds is 8. The van der Waals surface area contributed by atoms with E-state index in [-0.39, 0.29) is 5.69 Å². The van der Waals surface area contributed by atoms with Gasteiger partial charge in [-0.3, -0.25) is 14.9 Å². The Morgan fingerprint density at radius 1 is 1.23 bits per heavy atom. The van der Waals surface area contributed by atoms with Gasteiger partial charge in [-0.05, 0) is 43.7 Å². The van der Waals surface area contributed by atoms with Crippen LogP contribution < -0.4 is 14.9 Å². The topological polar surface area (TPSA) is 103 Å². The lowest BCUT2D eigenvalue weighted by Crippen LogP contribution is -2.16. The molecule has 8 nitrogen and oxygen atoms in total. The van der Waals surface area contributed by atoms with Crippen molar-refractivity contribution in [3.05, 3.63) is 62.0 Å². The van der Waals surface area contributed by atoms with Crippen LogP contribution in [0.15, 0.2) is 41.5 Å². The molecule has 0 aliphatic rings. The number of non-ortho nitro benzene ring substituents is 1. The number of carbonyl (C=O) groups excluding carboxylic acids is 1. The van der Waals surface area contributed by atoms with Gasteiger partial charge in [0.25, 0.3) is 11.6 Å². The molecule has 1 heterocycles. The molecule has 0 spiro atoms. The Bertz CT molecular complexity index is 1130. The standard InChI is InChI=1S/C20H18ClN3O5S/c1-3-28-16-8-12(7-15(21)19(16)29-4-2)11-22-23-20(25)18-10-13-9-14(24(26)27)5-6-17(13)30-18/h5-11H,3-4H2,1-2H3,(H,23,25). The van der Waals surface area contributed by atoms with Crippen molar-refractivity contribution in [2.24, 2.45) is 5.10 Å². The van der Waals surface area contributed by atoms with Gasteiger partial charge in [-0.1, -0.05) is 11.6 Å². The lowest BCUT2D eigenvalue weighted by molar-refractivity contribution is -0.384. The van der Waals surface area contributed by atoms with E-state index in [1.807, 2.05) is 13.8 Å². The largest absolute Gasteiger partial charge is 0.490 e. The Labute approximate surface area is 181 Å². The third kappa shape index (κ3) is 4.87. The average molecular weight is 448 g/mol. The molecule has 0 radical (unpaired) electrons. The highest BCUT2D eigenvalue weighted by atomic mass is 35.5. The number of halogens is 1. The number of hydrazone groups is 1. The van der Waals surface area contributed by atoms with Crippen LogP contribution in [-0.4, -0.2) is 30.3 Å². The van der Waals surface area contributed by atoms with Crippen molar-refractivity contribution in [3.8, 4) is 11.5 Å². The number of hydrogen-bond acceptors (Lipinski definition) is 7. The normalized spacial score (nSPS) is 11.0. The Balaban J connectivity index is 1.75. The Morgan fingerprint density at radius 2 is 2.00 bits per heavy atom. The zero-order valence-corrected chi connectivity index (χ0v) is 17.7. The maximum absolute atomic E-state index is 12.4. The van der Waals surface area contributed by atoms with Crippen molar-refractivity contribution in [1.29, 1.82) is 0 Å². The maximum Gasteiger partial charge on any atom is 0.281 e. The fourth-order valence-electron chi connectivity index (χ4n) is 2.69. The minimum atomic E-state index is -0.473. The average Bonchev–Trinajstić information content (AvgIpc) is 3.14. The van der Waals surface area contributed by atoms with Crippen LogP contribution in [0.2, 0.25) is 5.02 Å². The molecule has 3 aromatic rings. The highest BCUT2D eigenvalue weighted by Gasteiger charge is 2.14. The predicted molar refractivity (Wildman–Crippen MR) is 117 cm³/mol. The molecule has 0 unspecified atom stereocenters. The van der Waals surface area contributed by atoms with Crippen molar-refractivity contribution in [2.75, 3.05) is 13.2 Å². The van der Waals surface area contributed by atoms with Crippen molar-refractivity contribution >= 4 is 50.8 Å². The maximum atomic E-state index is 12.4. The number of fused-ring (bicyclic) bond motifs is 1. The van der Waals surface area contributed by atoms with Crippen LogP contribution in [0, 0.1) is 10.1 Å². The quantitative estimate of drug-likeness (QED) is 0.296. The van der Waals surface area contributed by atoms with Crippen LogP contribution in [0.4, 0.5) is 5.69 Å². The summed E-state index contributed by atoms with van der Waals surface area (Å²) >= 11 is 7.49. The monoisotopic (exact) mass is 447 g/mol. The molecule has 30 heavy (non-hydrogen) atoms. The van der Waals surface area contributed by atoms with E-state index in [0.29, 0.717) is 45.6 Å². The number of thiophene rings is 1. The van der Waals surface area contributed by atoms with Gasteiger partial charge >= 0.3 is 0 Å². The number of nitrogens with zero attached hydrogens (tertiary/aromatic N) is 2. The number of benzene rings is 2. The second-order valence-corrected chi connectivity index (χ2v) is 7.48. The lowest BCUT2D eigenvalue weighted by Gasteiger charge is -2.13. The number of ether oxygens (including phenoxy) is 2. The summed E-state index contributed by atoms with van der Waals surface area (Å²) in [6, 6.07) is 9.43. The molecule has 1 aromatic heterocycles. The van der Waals surface area contributed by atoms with E-state index >= 15 is 0 Å². The summed E-state index contributed by atoms with van der Waals surface area (Å²) in [4.78, 5) is 23.2. The van der Waals surface area contributed by atoms with Crippen LogP contribution in [0.5, 0.6) is 11.5 Å². The SMILES string of the molecule is CCOc1cc(C=NNC(=O)c2cc3cc([N+](=O)[O-])ccc3s2)cc(Cl)c1OCC. The summed E-state index contributed by atoms with van der Waals surface area (Å²) < 4.78 is 11.9. The van der Waals surface area contributed by atoms with E-state index < -0.39 is 10.8 Å². The summed E-state index contributed by atoms with van der Waals surface area (Å²) in [6.45, 7) is 4.59. The number of nitro benzene ring substituents is 1. The molecule has 0 aliphatic heterocycles. The number of nitrogens with one attached hydrogen (secondary N) is 1. The molecule has 1 N–H and O–H groups in total. The molecule has 0 fully saturated rings. The summed E-state index contributed by atoms with van der Waals surface area (Å²) in [5.74, 6) is 0.532. The minimum absolute atomic E-state index is 0.0252. The molecule has 10 heteroatoms. The van der Waals surface area contributed by atoms with Gasteiger partial charge < -0.3 is 9.47 Å². The molecule has 0 atom stereocenters. The molecule has 0 bridgehead atoms. The van der Waals surface area contributed by atoms with E-state index in [4.69, 9.17) is 21.1 Å². The first-order valence-corrected chi connectivity index (χ1v) is 10.2. The van der Waals surface area contributed by atoms with Gasteiger partial charge in [0.2, 0.25) is 0 Å². The Hall–Kier alpha value is -3.17. The van der Waals surface area contributed by atoms with Gasteiger partial charge in [0.1, 0.15) is 0 Å². The first-order chi connectivity index (χ1) is 14.4. The molecular weight excluding hydrogens is 430 g/mol. The van der Waals surface area contributed by atoms with Crippen molar-refractivity contribution in [3.63, 3.8) is 0 Å². The summed E-state index contributed by atoms with van der Waals surface area (Å²) in [5.41, 5.74) is 3.05. The van der Waals surface area contributed by atoms with Gasteiger partial charge in [0, 0.05) is 22.2 Å². The van der Waals surface area contributed by atoms with E-state index in [1.165, 1.54) is 29.7 Å². The number of nitro groups is 1. The van der Waals surface area contributed by atoms with E-state index in [2.05, 4.69) is 10.5 Å². The molecule has 3 rings (SSSR count). The van der Waals surface area contributed by atoms with Crippen LogP contribution in [0.25, 0.3) is 10.1 Å². The number of hydrogen-bond donors (Lipinski definition) is 1. The number of carbonyl (C=O) groups is 1. The van der Waals surface area contributed by atoms with Crippen LogP contribution >= 0.6 is 22.9 Å². The summed E-state index contributed by atoms with van der Waals surface area (Å²) in [5, 5.41) is 15.9. The van der Waals surface area contributed by atoms with E-state index in [0.717, 1.165) is 4.70 Å². The fourth-order valence-corrected chi connectivity index (χ4v) is 3.89. The molecule has 0 saturated carbocycles. The second kappa shape index (κ2) is 9.55. The van der Waals surface area contributed by atoms with Crippen molar-refractivity contribution < 1.29 is 19.2 Å². The highest BCUT2D eigenvalue weighted by Crippen LogP contribution is 2.36. The molecule has 0 saturated heterocycles. The third-order valence-electron chi connectivity index (χ3n) is 3.93. The fraction of sp³-hybridized carbons (Fsp3) is 0.200. The van der Waals surface area contributed by atoms with Crippen LogP contribution in [0.1, 0.15) is 29.1 Å². The minimum Gasteiger partial charge on any atom is -0.490 e. The smallest absolute Gasteiger partial charge is 0.281 e. The van der Waals surface area contributed by atoms with Crippen LogP contribution in [-0.2, 0) is 0 Å². The van der Waals surface area contributed by atoms with Gasteiger partial charge in [-0.25, -0.2) is 5.43 Å². The zero-order valence-electron chi connectivity index (χ0n) is 16.2. The molecule has 1 amide bonds. The highest BCUT2D eigenvalue weighted by molar-refractivity contribution is 7.20. The summed E-state index contributed by atoms with van der Waals surface area (Å²) in [7, 11) is 0. The van der Waals surface area contributed by atoms with Crippen molar-refractivity contribution in [2.45, 2.75) is 13.8 Å². The van der Waals surface area contributed by atoms with E-state index in [1.54, 1.807) is 24.3 Å². The zero-order chi connectivity index (χ0) is 21.7. The predicted octanol–water partition coefficient (Wildman–Crippen LogP) is 5.02. The first kappa shape index (κ1) is 21.5. The summed E-state index contributed by atoms with van der Waals surface area (Å²) in [6.07, 6.45) is 1.44. The third-order valence-corrected chi connectivity index (χ3v) is 5.33. The Kier molecular flexibility index (Phi) is 6.86. The van der Waals surface area contributed by atoms with Gasteiger partial charge in [-0.2, -0.15) is 5.10 Å². The lowest BCUT2D eigenvalue weighted by atomic mass is 10.2. The van der Waals surface area contributed by atoms with Crippen LogP contribution in [0.3, 0.4) is 0 Å². The molecule has 156 valence electrons. The Morgan fingerprint density at radius 3 is 2.70 bits per heavy atom. The van der Waals surface area contributed by atoms with Crippen molar-refractivity contribution in [1.82, 2.24) is 5.43 Å². The molecule has 0 aliphatic carbocycles. The second-order valence-electron chi connectivity index (χ2n) is 5.99. The van der Waals surface area contributed by atoms with Gasteiger partial charge in [0.05, 0.1) is 34.3 Å². The molecule has 2 aromatic carbocycles. The van der Waals surface area contributed by atoms with Gasteiger partial charge in [-0.15, -0.1) is 11.3 Å². The number of amides is 1. The van der Waals surface area contributed by atoms with E-state index in [9.17, 15) is 14.9 Å². The van der Waals surface area contributed by atoms with Gasteiger partial charge in [0.15, 0.2) is 11.5 Å².